The van der Waals surface area contributed by atoms with Gasteiger partial charge in [0.15, 0.2) is 0 Å². The van der Waals surface area contributed by atoms with Gasteiger partial charge >= 0.3 is 0 Å². The zero-order valence-electron chi connectivity index (χ0n) is 14.7. The third-order valence-electron chi connectivity index (χ3n) is 3.89. The Bertz CT molecular complexity index is 676. The van der Waals surface area contributed by atoms with Crippen LogP contribution in [0.5, 0.6) is 0 Å². The van der Waals surface area contributed by atoms with Gasteiger partial charge in [-0.25, -0.2) is 4.39 Å². The van der Waals surface area contributed by atoms with Gasteiger partial charge in [-0.05, 0) is 43.8 Å². The number of likely N-dealkylation sites (N-methyl/N-ethyl adjacent to an activating group) is 1. The van der Waals surface area contributed by atoms with Crippen molar-refractivity contribution in [3.63, 3.8) is 0 Å². The molecule has 4 nitrogen and oxygen atoms in total. The molecule has 0 aliphatic rings. The first-order valence-electron chi connectivity index (χ1n) is 8.35. The lowest BCUT2D eigenvalue weighted by Gasteiger charge is -2.23. The van der Waals surface area contributed by atoms with Crippen molar-refractivity contribution >= 4 is 5.91 Å². The second kappa shape index (κ2) is 9.30. The number of halogens is 1. The summed E-state index contributed by atoms with van der Waals surface area (Å²) < 4.78 is 13.2. The molecule has 0 saturated heterocycles. The number of hydrogen-bond donors (Lipinski definition) is 2. The molecular formula is C20H25FN2O2. The smallest absolute Gasteiger partial charge is 0.223 e. The number of hydrogen-bond acceptors (Lipinski definition) is 3. The van der Waals surface area contributed by atoms with Crippen molar-refractivity contribution in [2.24, 2.45) is 0 Å². The van der Waals surface area contributed by atoms with E-state index in [4.69, 9.17) is 0 Å². The highest BCUT2D eigenvalue weighted by Gasteiger charge is 2.18. The van der Waals surface area contributed by atoms with Crippen LogP contribution in [0.15, 0.2) is 54.6 Å². The van der Waals surface area contributed by atoms with Gasteiger partial charge in [0.2, 0.25) is 5.91 Å². The topological polar surface area (TPSA) is 52.6 Å². The van der Waals surface area contributed by atoms with E-state index in [9.17, 15) is 14.3 Å². The van der Waals surface area contributed by atoms with Gasteiger partial charge in [0.05, 0.1) is 12.5 Å². The summed E-state index contributed by atoms with van der Waals surface area (Å²) >= 11 is 0. The third-order valence-corrected chi connectivity index (χ3v) is 3.89. The average molecular weight is 344 g/mol. The minimum atomic E-state index is -1.02. The molecule has 0 bridgehead atoms. The summed E-state index contributed by atoms with van der Waals surface area (Å²) in [4.78, 5) is 14.3. The highest BCUT2D eigenvalue weighted by Crippen LogP contribution is 2.17. The molecule has 2 aromatic rings. The van der Waals surface area contributed by atoms with Crippen molar-refractivity contribution in [3.8, 4) is 0 Å². The van der Waals surface area contributed by atoms with E-state index >= 15 is 0 Å². The lowest BCUT2D eigenvalue weighted by Crippen LogP contribution is -2.43. The number of amides is 1. The van der Waals surface area contributed by atoms with E-state index in [1.165, 1.54) is 18.2 Å². The van der Waals surface area contributed by atoms with Crippen LogP contribution in [0.25, 0.3) is 0 Å². The number of aliphatic hydroxyl groups excluding tert-OH is 1. The Balaban J connectivity index is 1.96. The number of nitrogens with one attached hydrogen (secondary N) is 1. The molecule has 0 aromatic heterocycles. The van der Waals surface area contributed by atoms with Crippen LogP contribution in [0, 0.1) is 5.82 Å². The molecule has 0 radical (unpaired) electrons. The van der Waals surface area contributed by atoms with Crippen molar-refractivity contribution in [3.05, 3.63) is 71.5 Å². The van der Waals surface area contributed by atoms with Gasteiger partial charge in [0.1, 0.15) is 5.82 Å². The highest BCUT2D eigenvalue weighted by atomic mass is 19.1. The van der Waals surface area contributed by atoms with Gasteiger partial charge in [0, 0.05) is 12.6 Å². The maximum Gasteiger partial charge on any atom is 0.223 e. The zero-order chi connectivity index (χ0) is 18.2. The number of aliphatic hydroxyl groups is 1. The highest BCUT2D eigenvalue weighted by molar-refractivity contribution is 5.77. The SMILES string of the molecule is CN(C)CC(Cc1ccccc1)NC(=O)CC(O)c1cccc(F)c1. The van der Waals surface area contributed by atoms with Crippen LogP contribution in [0.2, 0.25) is 0 Å². The van der Waals surface area contributed by atoms with Crippen LogP contribution >= 0.6 is 0 Å². The molecule has 0 aliphatic carbocycles. The molecule has 0 saturated carbocycles. The van der Waals surface area contributed by atoms with Crippen LogP contribution < -0.4 is 5.32 Å². The first kappa shape index (κ1) is 19.1. The maximum atomic E-state index is 13.2. The van der Waals surface area contributed by atoms with E-state index in [1.54, 1.807) is 6.07 Å². The molecule has 0 spiro atoms. The fourth-order valence-electron chi connectivity index (χ4n) is 2.79. The lowest BCUT2D eigenvalue weighted by atomic mass is 10.0. The summed E-state index contributed by atoms with van der Waals surface area (Å²) in [6.45, 7) is 0.691. The molecule has 5 heteroatoms. The van der Waals surface area contributed by atoms with Gasteiger partial charge in [-0.1, -0.05) is 42.5 Å². The third kappa shape index (κ3) is 6.64. The normalized spacial score (nSPS) is 13.5. The summed E-state index contributed by atoms with van der Waals surface area (Å²) in [5.74, 6) is -0.675. The molecule has 0 aliphatic heterocycles. The standard InChI is InChI=1S/C20H25FN2O2/c1-23(2)14-18(11-15-7-4-3-5-8-15)22-20(25)13-19(24)16-9-6-10-17(21)12-16/h3-10,12,18-19,24H,11,13-14H2,1-2H3,(H,22,25). The molecule has 1 amide bonds. The number of carbonyl (C=O) groups is 1. The Kier molecular flexibility index (Phi) is 7.10. The Hall–Kier alpha value is -2.24. The van der Waals surface area contributed by atoms with Gasteiger partial charge < -0.3 is 15.3 Å². The molecule has 2 aromatic carbocycles. The molecule has 2 N–H and O–H groups in total. The first-order chi connectivity index (χ1) is 11.9. The van der Waals surface area contributed by atoms with Crippen molar-refractivity contribution in [1.29, 1.82) is 0 Å². The predicted octanol–water partition coefficient (Wildman–Crippen LogP) is 2.54. The Morgan fingerprint density at radius 3 is 2.52 bits per heavy atom. The number of nitrogens with zero attached hydrogens (tertiary/aromatic N) is 1. The Morgan fingerprint density at radius 2 is 1.88 bits per heavy atom. The van der Waals surface area contributed by atoms with E-state index in [0.29, 0.717) is 18.5 Å². The molecule has 2 rings (SSSR count). The van der Waals surface area contributed by atoms with Crippen LogP contribution in [0.4, 0.5) is 4.39 Å². The number of rotatable bonds is 8. The van der Waals surface area contributed by atoms with Gasteiger partial charge in [0.25, 0.3) is 0 Å². The fourth-order valence-corrected chi connectivity index (χ4v) is 2.79. The molecular weight excluding hydrogens is 319 g/mol. The van der Waals surface area contributed by atoms with Gasteiger partial charge in [-0.2, -0.15) is 0 Å². The Morgan fingerprint density at radius 1 is 1.16 bits per heavy atom. The summed E-state index contributed by atoms with van der Waals surface area (Å²) in [6, 6.07) is 15.6. The number of carbonyl (C=O) groups excluding carboxylic acids is 1. The summed E-state index contributed by atoms with van der Waals surface area (Å²) in [5.41, 5.74) is 1.54. The largest absolute Gasteiger partial charge is 0.388 e. The van der Waals surface area contributed by atoms with Crippen molar-refractivity contribution in [2.45, 2.75) is 25.0 Å². The molecule has 2 atom stereocenters. The predicted molar refractivity (Wildman–Crippen MR) is 96.6 cm³/mol. The maximum absolute atomic E-state index is 13.2. The molecule has 134 valence electrons. The van der Waals surface area contributed by atoms with Gasteiger partial charge in [-0.3, -0.25) is 4.79 Å². The quantitative estimate of drug-likeness (QED) is 0.774. The first-order valence-corrected chi connectivity index (χ1v) is 8.35. The average Bonchev–Trinajstić information content (AvgIpc) is 2.55. The van der Waals surface area contributed by atoms with Crippen molar-refractivity contribution in [1.82, 2.24) is 10.2 Å². The van der Waals surface area contributed by atoms with Crippen LogP contribution in [0.1, 0.15) is 23.7 Å². The van der Waals surface area contributed by atoms with Crippen LogP contribution in [-0.2, 0) is 11.2 Å². The lowest BCUT2D eigenvalue weighted by molar-refractivity contribution is -0.123. The second-order valence-electron chi connectivity index (χ2n) is 6.49. The second-order valence-corrected chi connectivity index (χ2v) is 6.49. The summed E-state index contributed by atoms with van der Waals surface area (Å²) in [7, 11) is 3.90. The fraction of sp³-hybridized carbons (Fsp3) is 0.350. The van der Waals surface area contributed by atoms with E-state index in [-0.39, 0.29) is 18.4 Å². The van der Waals surface area contributed by atoms with E-state index < -0.39 is 11.9 Å². The molecule has 0 fully saturated rings. The van der Waals surface area contributed by atoms with E-state index in [1.807, 2.05) is 49.3 Å². The van der Waals surface area contributed by atoms with E-state index in [0.717, 1.165) is 5.56 Å². The van der Waals surface area contributed by atoms with Crippen molar-refractivity contribution in [2.75, 3.05) is 20.6 Å². The molecule has 25 heavy (non-hydrogen) atoms. The Labute approximate surface area is 148 Å². The molecule has 0 heterocycles. The summed E-state index contributed by atoms with van der Waals surface area (Å²) in [5, 5.41) is 13.1. The van der Waals surface area contributed by atoms with Crippen molar-refractivity contribution < 1.29 is 14.3 Å². The van der Waals surface area contributed by atoms with Crippen LogP contribution in [-0.4, -0.2) is 42.6 Å². The van der Waals surface area contributed by atoms with E-state index in [2.05, 4.69) is 5.32 Å². The van der Waals surface area contributed by atoms with Crippen LogP contribution in [0.3, 0.4) is 0 Å². The zero-order valence-corrected chi connectivity index (χ0v) is 14.7. The summed E-state index contributed by atoms with van der Waals surface area (Å²) in [6.07, 6.45) is -0.407. The van der Waals surface area contributed by atoms with Gasteiger partial charge in [-0.15, -0.1) is 0 Å². The minimum absolute atomic E-state index is 0.0652. The number of benzene rings is 2. The monoisotopic (exact) mass is 344 g/mol. The molecule has 2 unspecified atom stereocenters. The minimum Gasteiger partial charge on any atom is -0.388 e.